The number of hydrogen-bond donors (Lipinski definition) is 1. The Morgan fingerprint density at radius 2 is 1.93 bits per heavy atom. The van der Waals surface area contributed by atoms with Crippen LogP contribution in [0.2, 0.25) is 0 Å². The molecule has 150 valence electrons. The zero-order valence-electron chi connectivity index (χ0n) is 16.6. The fraction of sp³-hybridized carbons (Fsp3) is 0.474. The quantitative estimate of drug-likeness (QED) is 0.832. The molecule has 0 bridgehead atoms. The van der Waals surface area contributed by atoms with Gasteiger partial charge in [-0.05, 0) is 44.4 Å². The average Bonchev–Trinajstić information content (AvgIpc) is 3.01. The fourth-order valence-corrected chi connectivity index (χ4v) is 3.53. The number of fused-ring (bicyclic) bond motifs is 1. The minimum absolute atomic E-state index is 0.0391. The van der Waals surface area contributed by atoms with Gasteiger partial charge in [-0.3, -0.25) is 0 Å². The van der Waals surface area contributed by atoms with Crippen molar-refractivity contribution >= 4 is 23.6 Å². The highest BCUT2D eigenvalue weighted by atomic mass is 32.2. The van der Waals surface area contributed by atoms with E-state index in [0.29, 0.717) is 16.7 Å². The van der Waals surface area contributed by atoms with Crippen LogP contribution in [-0.4, -0.2) is 38.0 Å². The van der Waals surface area contributed by atoms with Crippen molar-refractivity contribution in [2.24, 2.45) is 11.0 Å². The maximum atomic E-state index is 13.2. The molecule has 0 spiro atoms. The summed E-state index contributed by atoms with van der Waals surface area (Å²) in [4.78, 5) is 12.3. The van der Waals surface area contributed by atoms with E-state index in [9.17, 15) is 9.18 Å². The molecule has 3 rings (SSSR count). The molecule has 1 unspecified atom stereocenters. The largest absolute Gasteiger partial charge is 0.444 e. The lowest BCUT2D eigenvalue weighted by molar-refractivity contribution is 0.0485. The van der Waals surface area contributed by atoms with Gasteiger partial charge in [0.25, 0.3) is 0 Å². The van der Waals surface area contributed by atoms with Gasteiger partial charge in [0, 0.05) is 5.75 Å². The zero-order valence-corrected chi connectivity index (χ0v) is 17.4. The molecular formula is C19H24FN5O2S. The maximum Gasteiger partial charge on any atom is 0.408 e. The van der Waals surface area contributed by atoms with Crippen molar-refractivity contribution in [2.45, 2.75) is 51.4 Å². The molecule has 0 fully saturated rings. The summed E-state index contributed by atoms with van der Waals surface area (Å²) in [5.41, 5.74) is 1.03. The molecule has 2 aromatic rings. The molecule has 1 aliphatic heterocycles. The van der Waals surface area contributed by atoms with E-state index < -0.39 is 17.7 Å². The molecule has 1 aromatic heterocycles. The van der Waals surface area contributed by atoms with Crippen LogP contribution in [0, 0.1) is 11.7 Å². The molecule has 0 saturated heterocycles. The van der Waals surface area contributed by atoms with Gasteiger partial charge in [-0.1, -0.05) is 37.7 Å². The number of amides is 1. The summed E-state index contributed by atoms with van der Waals surface area (Å²) in [5, 5.41) is 16.7. The summed E-state index contributed by atoms with van der Waals surface area (Å²) in [6.45, 7) is 9.39. The van der Waals surface area contributed by atoms with E-state index in [1.54, 1.807) is 16.8 Å². The van der Waals surface area contributed by atoms with E-state index >= 15 is 0 Å². The number of thioether (sulfide) groups is 1. The number of ether oxygens (including phenoxy) is 1. The Morgan fingerprint density at radius 3 is 2.54 bits per heavy atom. The molecular weight excluding hydrogens is 381 g/mol. The lowest BCUT2D eigenvalue weighted by Crippen LogP contribution is -2.38. The van der Waals surface area contributed by atoms with Gasteiger partial charge >= 0.3 is 6.09 Å². The number of alkyl carbamates (subject to hydrolysis) is 1. The minimum Gasteiger partial charge on any atom is -0.444 e. The van der Waals surface area contributed by atoms with E-state index in [1.165, 1.54) is 23.9 Å². The molecule has 28 heavy (non-hydrogen) atoms. The molecule has 0 radical (unpaired) electrons. The Bertz CT molecular complexity index is 887. The van der Waals surface area contributed by atoms with E-state index in [1.807, 2.05) is 34.6 Å². The number of halogens is 1. The smallest absolute Gasteiger partial charge is 0.408 e. The molecule has 9 heteroatoms. The van der Waals surface area contributed by atoms with Crippen molar-refractivity contribution < 1.29 is 13.9 Å². The van der Waals surface area contributed by atoms with Gasteiger partial charge in [-0.2, -0.15) is 9.78 Å². The summed E-state index contributed by atoms with van der Waals surface area (Å²) >= 11 is 1.50. The van der Waals surface area contributed by atoms with Crippen LogP contribution in [0.15, 0.2) is 34.5 Å². The number of carbonyl (C=O) groups is 1. The first kappa shape index (κ1) is 20.3. The molecule has 1 atom stereocenters. The summed E-state index contributed by atoms with van der Waals surface area (Å²) < 4.78 is 20.2. The third-order valence-electron chi connectivity index (χ3n) is 3.99. The first-order valence-corrected chi connectivity index (χ1v) is 10.0. The van der Waals surface area contributed by atoms with Crippen LogP contribution in [0.5, 0.6) is 0 Å². The topological polar surface area (TPSA) is 81.4 Å². The monoisotopic (exact) mass is 405 g/mol. The van der Waals surface area contributed by atoms with Gasteiger partial charge < -0.3 is 10.1 Å². The summed E-state index contributed by atoms with van der Waals surface area (Å²) in [6, 6.07) is 5.79. The second-order valence-corrected chi connectivity index (χ2v) is 8.81. The van der Waals surface area contributed by atoms with Crippen LogP contribution in [0.4, 0.5) is 9.18 Å². The molecule has 2 heterocycles. The summed E-state index contributed by atoms with van der Waals surface area (Å²) in [5.74, 6) is 0.884. The third kappa shape index (κ3) is 4.70. The van der Waals surface area contributed by atoms with Crippen molar-refractivity contribution in [1.82, 2.24) is 20.2 Å². The second kappa shape index (κ2) is 7.90. The molecule has 0 aliphatic carbocycles. The number of nitrogens with zero attached hydrogens (tertiary/aromatic N) is 4. The fourth-order valence-electron chi connectivity index (χ4n) is 2.68. The van der Waals surface area contributed by atoms with E-state index in [2.05, 4.69) is 20.6 Å². The van der Waals surface area contributed by atoms with E-state index in [4.69, 9.17) is 4.74 Å². The molecule has 7 nitrogen and oxygen atoms in total. The summed E-state index contributed by atoms with van der Waals surface area (Å²) in [7, 11) is 0. The van der Waals surface area contributed by atoms with Crippen molar-refractivity contribution in [2.75, 3.05) is 5.75 Å². The highest BCUT2D eigenvalue weighted by molar-refractivity contribution is 7.99. The van der Waals surface area contributed by atoms with Gasteiger partial charge in [-0.25, -0.2) is 9.18 Å². The Balaban J connectivity index is 1.90. The molecule has 1 amide bonds. The predicted molar refractivity (Wildman–Crippen MR) is 106 cm³/mol. The molecule has 1 aliphatic rings. The van der Waals surface area contributed by atoms with Crippen LogP contribution >= 0.6 is 11.8 Å². The van der Waals surface area contributed by atoms with Gasteiger partial charge in [0.1, 0.15) is 11.4 Å². The van der Waals surface area contributed by atoms with Gasteiger partial charge in [-0.15, -0.1) is 10.2 Å². The Labute approximate surface area is 167 Å². The van der Waals surface area contributed by atoms with E-state index in [-0.39, 0.29) is 11.7 Å². The molecule has 1 N–H and O–H groups in total. The third-order valence-corrected chi connectivity index (χ3v) is 4.92. The number of benzene rings is 1. The van der Waals surface area contributed by atoms with Crippen LogP contribution in [-0.2, 0) is 4.74 Å². The lowest BCUT2D eigenvalue weighted by atomic mass is 10.0. The number of aromatic nitrogens is 3. The standard InChI is InChI=1S/C19H24FN5O2S/c1-11(2)15(21-18(26)27-19(3,4)5)16-22-23-17-25(16)24-14(10-28-17)12-6-8-13(20)9-7-12/h6-9,11,15H,10H2,1-5H3,(H,21,26). The average molecular weight is 405 g/mol. The van der Waals surface area contributed by atoms with Crippen molar-refractivity contribution in [3.8, 4) is 0 Å². The SMILES string of the molecule is CC(C)C(NC(=O)OC(C)(C)C)c1nnc2n1N=C(c1ccc(F)cc1)CS2. The summed E-state index contributed by atoms with van der Waals surface area (Å²) in [6.07, 6.45) is -0.519. The Kier molecular flexibility index (Phi) is 5.74. The van der Waals surface area contributed by atoms with E-state index in [0.717, 1.165) is 11.3 Å². The van der Waals surface area contributed by atoms with Crippen LogP contribution in [0.25, 0.3) is 0 Å². The van der Waals surface area contributed by atoms with Crippen molar-refractivity contribution in [3.05, 3.63) is 41.5 Å². The minimum atomic E-state index is -0.598. The maximum absolute atomic E-state index is 13.2. The van der Waals surface area contributed by atoms with Crippen LogP contribution in [0.3, 0.4) is 0 Å². The van der Waals surface area contributed by atoms with Gasteiger partial charge in [0.2, 0.25) is 5.16 Å². The number of nitrogens with one attached hydrogen (secondary N) is 1. The van der Waals surface area contributed by atoms with Gasteiger partial charge in [0.15, 0.2) is 5.82 Å². The highest BCUT2D eigenvalue weighted by Gasteiger charge is 2.30. The Hall–Kier alpha value is -2.42. The normalized spacial score (nSPS) is 15.0. The zero-order chi connectivity index (χ0) is 20.5. The molecule has 0 saturated carbocycles. The first-order chi connectivity index (χ1) is 13.1. The number of hydrogen-bond acceptors (Lipinski definition) is 6. The Morgan fingerprint density at radius 1 is 1.25 bits per heavy atom. The number of rotatable bonds is 4. The molecule has 1 aromatic carbocycles. The van der Waals surface area contributed by atoms with Crippen LogP contribution in [0.1, 0.15) is 52.0 Å². The number of carbonyl (C=O) groups excluding carboxylic acids is 1. The lowest BCUT2D eigenvalue weighted by Gasteiger charge is -2.25. The van der Waals surface area contributed by atoms with Gasteiger partial charge in [0.05, 0.1) is 11.8 Å². The second-order valence-electron chi connectivity index (χ2n) is 7.86. The predicted octanol–water partition coefficient (Wildman–Crippen LogP) is 4.00. The van der Waals surface area contributed by atoms with Crippen LogP contribution < -0.4 is 5.32 Å². The highest BCUT2D eigenvalue weighted by Crippen LogP contribution is 2.29. The van der Waals surface area contributed by atoms with Crippen molar-refractivity contribution in [3.63, 3.8) is 0 Å². The first-order valence-electron chi connectivity index (χ1n) is 9.05. The van der Waals surface area contributed by atoms with Crippen molar-refractivity contribution in [1.29, 1.82) is 0 Å².